The van der Waals surface area contributed by atoms with Crippen LogP contribution in [-0.4, -0.2) is 37.7 Å². The summed E-state index contributed by atoms with van der Waals surface area (Å²) in [5.74, 6) is 1.00. The van der Waals surface area contributed by atoms with Crippen LogP contribution in [0.5, 0.6) is 6.01 Å². The van der Waals surface area contributed by atoms with Crippen LogP contribution in [0.3, 0.4) is 0 Å². The fraction of sp³-hybridized carbons (Fsp3) is 0.500. The molecule has 0 spiro atoms. The molecule has 2 heterocycles. The van der Waals surface area contributed by atoms with Crippen molar-refractivity contribution in [3.05, 3.63) is 18.7 Å². The first-order valence-corrected chi connectivity index (χ1v) is 6.44. The highest BCUT2D eigenvalue weighted by Gasteiger charge is 2.08. The third kappa shape index (κ3) is 3.64. The molecule has 2 aromatic heterocycles. The third-order valence-electron chi connectivity index (χ3n) is 2.40. The summed E-state index contributed by atoms with van der Waals surface area (Å²) < 4.78 is 7.25. The van der Waals surface area contributed by atoms with E-state index >= 15 is 0 Å². The molecule has 2 aromatic rings. The van der Waals surface area contributed by atoms with Crippen LogP contribution in [0.15, 0.2) is 18.7 Å². The number of rotatable bonds is 7. The summed E-state index contributed by atoms with van der Waals surface area (Å²) in [6.07, 6.45) is 7.14. The van der Waals surface area contributed by atoms with Crippen molar-refractivity contribution in [3.8, 4) is 12.0 Å². The first kappa shape index (κ1) is 13.3. The molecule has 2 rings (SSSR count). The average molecular weight is 262 g/mol. The second-order valence-corrected chi connectivity index (χ2v) is 3.94. The van der Waals surface area contributed by atoms with Crippen molar-refractivity contribution >= 4 is 5.95 Å². The van der Waals surface area contributed by atoms with Gasteiger partial charge in [0, 0.05) is 18.9 Å². The number of nitrogens with zero attached hydrogens (tertiary/aromatic N) is 5. The van der Waals surface area contributed by atoms with E-state index in [4.69, 9.17) is 4.74 Å². The van der Waals surface area contributed by atoms with Crippen molar-refractivity contribution in [2.75, 3.05) is 18.5 Å². The van der Waals surface area contributed by atoms with E-state index in [1.165, 1.54) is 0 Å². The van der Waals surface area contributed by atoms with E-state index in [0.717, 1.165) is 19.4 Å². The largest absolute Gasteiger partial charge is 0.463 e. The van der Waals surface area contributed by atoms with Crippen LogP contribution in [0.25, 0.3) is 5.95 Å². The van der Waals surface area contributed by atoms with Gasteiger partial charge in [-0.15, -0.1) is 0 Å². The smallest absolute Gasteiger partial charge is 0.323 e. The summed E-state index contributed by atoms with van der Waals surface area (Å²) in [4.78, 5) is 16.8. The minimum atomic E-state index is 0.336. The Hall–Kier alpha value is -2.18. The quantitative estimate of drug-likeness (QED) is 0.765. The summed E-state index contributed by atoms with van der Waals surface area (Å²) in [6.45, 7) is 5.44. The van der Waals surface area contributed by atoms with Crippen LogP contribution in [0, 0.1) is 0 Å². The van der Waals surface area contributed by atoms with Crippen molar-refractivity contribution in [2.24, 2.45) is 0 Å². The summed E-state index contributed by atoms with van der Waals surface area (Å²) >= 11 is 0. The molecule has 0 aliphatic carbocycles. The number of ether oxygens (including phenoxy) is 1. The van der Waals surface area contributed by atoms with Crippen molar-refractivity contribution in [3.63, 3.8) is 0 Å². The van der Waals surface area contributed by atoms with Gasteiger partial charge >= 0.3 is 6.01 Å². The van der Waals surface area contributed by atoms with Gasteiger partial charge in [-0.25, -0.2) is 4.98 Å². The Kier molecular flexibility index (Phi) is 4.66. The zero-order valence-corrected chi connectivity index (χ0v) is 11.2. The predicted octanol–water partition coefficient (Wildman–Crippen LogP) is 1.67. The molecule has 19 heavy (non-hydrogen) atoms. The molecule has 0 atom stereocenters. The molecule has 0 saturated heterocycles. The molecule has 7 nitrogen and oxygen atoms in total. The molecule has 0 bridgehead atoms. The molecule has 0 aliphatic heterocycles. The Labute approximate surface area is 112 Å². The fourth-order valence-corrected chi connectivity index (χ4v) is 1.45. The topological polar surface area (TPSA) is 77.8 Å². The van der Waals surface area contributed by atoms with Crippen LogP contribution < -0.4 is 10.1 Å². The van der Waals surface area contributed by atoms with Crippen LogP contribution in [0.4, 0.5) is 5.95 Å². The lowest BCUT2D eigenvalue weighted by atomic mass is 10.4. The van der Waals surface area contributed by atoms with Crippen molar-refractivity contribution in [1.29, 1.82) is 0 Å². The normalized spacial score (nSPS) is 10.4. The molecular formula is C12H18N6O. The second kappa shape index (κ2) is 6.67. The van der Waals surface area contributed by atoms with Gasteiger partial charge in [0.15, 0.2) is 0 Å². The zero-order valence-electron chi connectivity index (χ0n) is 11.2. The maximum absolute atomic E-state index is 5.54. The van der Waals surface area contributed by atoms with E-state index < -0.39 is 0 Å². The van der Waals surface area contributed by atoms with Crippen molar-refractivity contribution in [1.82, 2.24) is 24.5 Å². The molecule has 7 heteroatoms. The number of nitrogens with one attached hydrogen (secondary N) is 1. The minimum Gasteiger partial charge on any atom is -0.463 e. The number of hydrogen-bond acceptors (Lipinski definition) is 6. The Morgan fingerprint density at radius 2 is 2.16 bits per heavy atom. The van der Waals surface area contributed by atoms with Crippen LogP contribution in [0.1, 0.15) is 26.7 Å². The maximum atomic E-state index is 5.54. The number of hydrogen-bond donors (Lipinski definition) is 1. The number of aromatic nitrogens is 5. The van der Waals surface area contributed by atoms with Crippen molar-refractivity contribution in [2.45, 2.75) is 26.7 Å². The molecular weight excluding hydrogens is 244 g/mol. The Morgan fingerprint density at radius 3 is 2.84 bits per heavy atom. The molecule has 0 unspecified atom stereocenters. The zero-order chi connectivity index (χ0) is 13.5. The molecule has 0 fully saturated rings. The van der Waals surface area contributed by atoms with Gasteiger partial charge in [0.05, 0.1) is 6.61 Å². The van der Waals surface area contributed by atoms with Gasteiger partial charge in [-0.3, -0.25) is 4.57 Å². The van der Waals surface area contributed by atoms with E-state index in [2.05, 4.69) is 32.2 Å². The maximum Gasteiger partial charge on any atom is 0.323 e. The van der Waals surface area contributed by atoms with E-state index in [-0.39, 0.29) is 0 Å². The van der Waals surface area contributed by atoms with E-state index in [9.17, 15) is 0 Å². The van der Waals surface area contributed by atoms with Gasteiger partial charge in [0.25, 0.3) is 0 Å². The first-order valence-electron chi connectivity index (χ1n) is 6.44. The molecule has 0 amide bonds. The summed E-state index contributed by atoms with van der Waals surface area (Å²) in [6, 6.07) is 0.336. The fourth-order valence-electron chi connectivity index (χ4n) is 1.45. The summed E-state index contributed by atoms with van der Waals surface area (Å²) in [7, 11) is 0. The SMILES string of the molecule is CCCCOc1nc(NCC)nc(-n2ccnc2)n1. The van der Waals surface area contributed by atoms with Gasteiger partial charge in [0.1, 0.15) is 6.33 Å². The Bertz CT molecular complexity index is 499. The van der Waals surface area contributed by atoms with Gasteiger partial charge in [-0.05, 0) is 13.3 Å². The summed E-state index contributed by atoms with van der Waals surface area (Å²) in [5, 5.41) is 3.06. The van der Waals surface area contributed by atoms with E-state index in [1.54, 1.807) is 23.3 Å². The lowest BCUT2D eigenvalue weighted by Gasteiger charge is -2.08. The van der Waals surface area contributed by atoms with Gasteiger partial charge in [0.2, 0.25) is 11.9 Å². The lowest BCUT2D eigenvalue weighted by Crippen LogP contribution is -2.10. The highest BCUT2D eigenvalue weighted by atomic mass is 16.5. The minimum absolute atomic E-state index is 0.336. The standard InChI is InChI=1S/C12H18N6O/c1-3-5-8-19-12-16-10(14-4-2)15-11(17-12)18-7-6-13-9-18/h6-7,9H,3-5,8H2,1-2H3,(H,14,15,16,17). The average Bonchev–Trinajstić information content (AvgIpc) is 2.93. The molecule has 0 aliphatic rings. The Balaban J connectivity index is 2.22. The highest BCUT2D eigenvalue weighted by molar-refractivity contribution is 5.30. The first-order chi connectivity index (χ1) is 9.33. The van der Waals surface area contributed by atoms with Crippen LogP contribution in [0.2, 0.25) is 0 Å². The monoisotopic (exact) mass is 262 g/mol. The predicted molar refractivity (Wildman–Crippen MR) is 71.5 cm³/mol. The second-order valence-electron chi connectivity index (χ2n) is 3.94. The lowest BCUT2D eigenvalue weighted by molar-refractivity contribution is 0.284. The van der Waals surface area contributed by atoms with Gasteiger partial charge in [-0.2, -0.15) is 15.0 Å². The molecule has 0 saturated carbocycles. The van der Waals surface area contributed by atoms with Crippen LogP contribution >= 0.6 is 0 Å². The molecule has 0 aromatic carbocycles. The van der Waals surface area contributed by atoms with Crippen molar-refractivity contribution < 1.29 is 4.74 Å². The number of anilines is 1. The molecule has 0 radical (unpaired) electrons. The number of unbranched alkanes of at least 4 members (excludes halogenated alkanes) is 1. The Morgan fingerprint density at radius 1 is 1.26 bits per heavy atom. The number of imidazole rings is 1. The summed E-state index contributed by atoms with van der Waals surface area (Å²) in [5.41, 5.74) is 0. The highest BCUT2D eigenvalue weighted by Crippen LogP contribution is 2.11. The van der Waals surface area contributed by atoms with Gasteiger partial charge in [-0.1, -0.05) is 13.3 Å². The van der Waals surface area contributed by atoms with E-state index in [0.29, 0.717) is 24.5 Å². The van der Waals surface area contributed by atoms with Crippen LogP contribution in [-0.2, 0) is 0 Å². The molecule has 102 valence electrons. The van der Waals surface area contributed by atoms with E-state index in [1.807, 2.05) is 6.92 Å². The molecule has 1 N–H and O–H groups in total. The van der Waals surface area contributed by atoms with Gasteiger partial charge < -0.3 is 10.1 Å². The third-order valence-corrected chi connectivity index (χ3v) is 2.40.